The number of rotatable bonds is 2. The van der Waals surface area contributed by atoms with E-state index in [1.54, 1.807) is 13.0 Å². The molecule has 2 rings (SSSR count). The van der Waals surface area contributed by atoms with Gasteiger partial charge in [-0.3, -0.25) is 4.79 Å². The zero-order valence-electron chi connectivity index (χ0n) is 9.00. The minimum atomic E-state index is -0.0864. The Morgan fingerprint density at radius 2 is 2.24 bits per heavy atom. The Balaban J connectivity index is 2.89. The molecule has 17 heavy (non-hydrogen) atoms. The highest BCUT2D eigenvalue weighted by atomic mass is 127. The number of aryl methyl sites for hydroxylation is 1. The van der Waals surface area contributed by atoms with Gasteiger partial charge in [0.1, 0.15) is 5.75 Å². The van der Waals surface area contributed by atoms with Crippen molar-refractivity contribution >= 4 is 55.2 Å². The minimum Gasteiger partial charge on any atom is -0.505 e. The van der Waals surface area contributed by atoms with Gasteiger partial charge in [-0.2, -0.15) is 0 Å². The van der Waals surface area contributed by atoms with Crippen LogP contribution in [0.4, 0.5) is 0 Å². The molecule has 0 saturated carbocycles. The van der Waals surface area contributed by atoms with Crippen LogP contribution in [-0.2, 0) is 0 Å². The third-order valence-corrected chi connectivity index (χ3v) is 3.68. The summed E-state index contributed by atoms with van der Waals surface area (Å²) in [5.41, 5.74) is 1.56. The number of alkyl halides is 1. The number of nitrogens with zero attached hydrogens (tertiary/aromatic N) is 1. The van der Waals surface area contributed by atoms with Crippen molar-refractivity contribution in [2.45, 2.75) is 6.92 Å². The zero-order chi connectivity index (χ0) is 12.6. The molecule has 5 heteroatoms. The van der Waals surface area contributed by atoms with E-state index in [0.717, 1.165) is 9.99 Å². The summed E-state index contributed by atoms with van der Waals surface area (Å²) in [7, 11) is 0. The lowest BCUT2D eigenvalue weighted by molar-refractivity contribution is 0.102. The van der Waals surface area contributed by atoms with E-state index in [1.165, 1.54) is 0 Å². The van der Waals surface area contributed by atoms with Crippen LogP contribution in [0.5, 0.6) is 5.75 Å². The molecule has 0 amide bonds. The number of benzene rings is 1. The van der Waals surface area contributed by atoms with E-state index in [9.17, 15) is 9.90 Å². The molecule has 88 valence electrons. The summed E-state index contributed by atoms with van der Waals surface area (Å²) < 4.78 is 1.19. The van der Waals surface area contributed by atoms with Crippen molar-refractivity contribution in [3.63, 3.8) is 0 Å². The molecule has 1 N–H and O–H groups in total. The highest BCUT2D eigenvalue weighted by Gasteiger charge is 2.17. The maximum atomic E-state index is 11.9. The summed E-state index contributed by atoms with van der Waals surface area (Å²) in [6, 6.07) is 5.50. The van der Waals surface area contributed by atoms with E-state index < -0.39 is 0 Å². The van der Waals surface area contributed by atoms with Gasteiger partial charge in [-0.1, -0.05) is 38.5 Å². The van der Waals surface area contributed by atoms with Crippen LogP contribution in [0.3, 0.4) is 0 Å². The molecule has 0 atom stereocenters. The maximum absolute atomic E-state index is 11.9. The van der Waals surface area contributed by atoms with Crippen molar-refractivity contribution in [3.05, 3.63) is 33.9 Å². The fraction of sp³-hybridized carbons (Fsp3) is 0.167. The second-order valence-corrected chi connectivity index (χ2v) is 5.32. The normalized spacial score (nSPS) is 10.8. The van der Waals surface area contributed by atoms with Gasteiger partial charge in [0.05, 0.1) is 21.2 Å². The summed E-state index contributed by atoms with van der Waals surface area (Å²) in [6.45, 7) is 1.70. The Hall–Kier alpha value is -0.690. The lowest BCUT2D eigenvalue weighted by Gasteiger charge is -2.09. The molecule has 0 bridgehead atoms. The van der Waals surface area contributed by atoms with Crippen LogP contribution in [0, 0.1) is 6.92 Å². The van der Waals surface area contributed by atoms with Gasteiger partial charge in [-0.15, -0.1) is 0 Å². The van der Waals surface area contributed by atoms with Gasteiger partial charge in [0.15, 0.2) is 5.78 Å². The molecule has 2 aromatic rings. The summed E-state index contributed by atoms with van der Waals surface area (Å²) in [5.74, 6) is -0.103. The number of carbonyl (C=O) groups excluding carboxylic acids is 1. The van der Waals surface area contributed by atoms with E-state index in [-0.39, 0.29) is 11.5 Å². The van der Waals surface area contributed by atoms with E-state index >= 15 is 0 Å². The number of hydrogen-bond acceptors (Lipinski definition) is 3. The molecule has 3 nitrogen and oxygen atoms in total. The Morgan fingerprint density at radius 1 is 1.53 bits per heavy atom. The Morgan fingerprint density at radius 3 is 2.88 bits per heavy atom. The van der Waals surface area contributed by atoms with E-state index in [2.05, 4.69) is 20.9 Å². The number of halogens is 2. The molecule has 0 aliphatic rings. The topological polar surface area (TPSA) is 50.2 Å². The number of carbonyl (C=O) groups is 1. The standard InChI is InChI=1S/C12H9BrINO2/c1-6-12(17)11(10(16)5-14)8-4-7(13)2-3-9(8)15-6/h2-4,17H,5H2,1H3. The summed E-state index contributed by atoms with van der Waals surface area (Å²) >= 11 is 5.35. The third kappa shape index (κ3) is 2.30. The van der Waals surface area contributed by atoms with Crippen LogP contribution in [0.1, 0.15) is 16.1 Å². The Kier molecular flexibility index (Phi) is 3.67. The third-order valence-electron chi connectivity index (χ3n) is 2.50. The van der Waals surface area contributed by atoms with Crippen molar-refractivity contribution in [2.75, 3.05) is 4.43 Å². The SMILES string of the molecule is Cc1nc2ccc(Br)cc2c(C(=O)CI)c1O. The summed E-state index contributed by atoms with van der Waals surface area (Å²) in [5, 5.41) is 10.7. The molecule has 0 aliphatic carbocycles. The fourth-order valence-electron chi connectivity index (χ4n) is 1.70. The van der Waals surface area contributed by atoms with E-state index in [0.29, 0.717) is 21.1 Å². The molecule has 0 fully saturated rings. The first-order valence-electron chi connectivity index (χ1n) is 4.92. The van der Waals surface area contributed by atoms with Gasteiger partial charge in [0, 0.05) is 9.86 Å². The molecule has 0 spiro atoms. The number of aromatic hydroxyl groups is 1. The number of ketones is 1. The molecule has 0 saturated heterocycles. The highest BCUT2D eigenvalue weighted by molar-refractivity contribution is 14.1. The van der Waals surface area contributed by atoms with Crippen LogP contribution < -0.4 is 0 Å². The second kappa shape index (κ2) is 4.89. The molecule has 1 aromatic carbocycles. The van der Waals surface area contributed by atoms with Crippen LogP contribution in [-0.4, -0.2) is 20.3 Å². The van der Waals surface area contributed by atoms with E-state index in [4.69, 9.17) is 0 Å². The number of aromatic nitrogens is 1. The highest BCUT2D eigenvalue weighted by Crippen LogP contribution is 2.31. The number of hydrogen-bond donors (Lipinski definition) is 1. The predicted octanol–water partition coefficient (Wildman–Crippen LogP) is 3.63. The fourth-order valence-corrected chi connectivity index (χ4v) is 2.44. The molecule has 1 heterocycles. The monoisotopic (exact) mass is 405 g/mol. The van der Waals surface area contributed by atoms with Crippen LogP contribution in [0.25, 0.3) is 10.9 Å². The van der Waals surface area contributed by atoms with Crippen molar-refractivity contribution in [2.24, 2.45) is 0 Å². The quantitative estimate of drug-likeness (QED) is 0.471. The van der Waals surface area contributed by atoms with Crippen molar-refractivity contribution in [1.29, 1.82) is 0 Å². The van der Waals surface area contributed by atoms with Gasteiger partial charge in [-0.25, -0.2) is 4.98 Å². The van der Waals surface area contributed by atoms with Crippen LogP contribution >= 0.6 is 38.5 Å². The van der Waals surface area contributed by atoms with Gasteiger partial charge in [0.2, 0.25) is 0 Å². The first kappa shape index (κ1) is 12.8. The largest absolute Gasteiger partial charge is 0.505 e. The molecule has 0 unspecified atom stereocenters. The molecular weight excluding hydrogens is 397 g/mol. The van der Waals surface area contributed by atoms with Gasteiger partial charge >= 0.3 is 0 Å². The molecule has 1 aromatic heterocycles. The second-order valence-electron chi connectivity index (χ2n) is 3.64. The first-order valence-corrected chi connectivity index (χ1v) is 7.24. The van der Waals surface area contributed by atoms with Gasteiger partial charge < -0.3 is 5.11 Å². The maximum Gasteiger partial charge on any atom is 0.177 e. The van der Waals surface area contributed by atoms with Crippen LogP contribution in [0.15, 0.2) is 22.7 Å². The molecular formula is C12H9BrINO2. The Bertz CT molecular complexity index is 613. The lowest BCUT2D eigenvalue weighted by atomic mass is 10.0. The molecule has 0 radical (unpaired) electrons. The zero-order valence-corrected chi connectivity index (χ0v) is 12.7. The first-order chi connectivity index (χ1) is 8.04. The van der Waals surface area contributed by atoms with Crippen molar-refractivity contribution in [3.8, 4) is 5.75 Å². The van der Waals surface area contributed by atoms with Crippen molar-refractivity contribution < 1.29 is 9.90 Å². The minimum absolute atomic E-state index is 0.0164. The lowest BCUT2D eigenvalue weighted by Crippen LogP contribution is -2.04. The molecule has 0 aliphatic heterocycles. The van der Waals surface area contributed by atoms with E-state index in [1.807, 2.05) is 34.7 Å². The average molecular weight is 406 g/mol. The average Bonchev–Trinajstić information content (AvgIpc) is 2.31. The number of fused-ring (bicyclic) bond motifs is 1. The van der Waals surface area contributed by atoms with Crippen molar-refractivity contribution in [1.82, 2.24) is 4.98 Å². The Labute approximate surface area is 121 Å². The summed E-state index contributed by atoms with van der Waals surface area (Å²) in [6.07, 6.45) is 0. The summed E-state index contributed by atoms with van der Waals surface area (Å²) in [4.78, 5) is 16.2. The number of pyridine rings is 1. The van der Waals surface area contributed by atoms with Gasteiger partial charge in [-0.05, 0) is 25.1 Å². The number of Topliss-reactive ketones (excluding diaryl/α,β-unsaturated/α-hetero) is 1. The predicted molar refractivity (Wildman–Crippen MR) is 79.1 cm³/mol. The van der Waals surface area contributed by atoms with Crippen LogP contribution in [0.2, 0.25) is 0 Å². The van der Waals surface area contributed by atoms with Gasteiger partial charge in [0.25, 0.3) is 0 Å². The smallest absolute Gasteiger partial charge is 0.177 e.